The number of hydrogen-bond acceptors (Lipinski definition) is 1. The Kier molecular flexibility index (Phi) is 3.33. The van der Waals surface area contributed by atoms with Crippen molar-refractivity contribution in [2.45, 2.75) is 11.8 Å². The van der Waals surface area contributed by atoms with Crippen LogP contribution < -0.4 is 5.32 Å². The molecule has 136 valence electrons. The fourth-order valence-electron chi connectivity index (χ4n) is 5.76. The van der Waals surface area contributed by atoms with E-state index in [9.17, 15) is 0 Å². The van der Waals surface area contributed by atoms with Crippen LogP contribution in [0, 0.1) is 5.92 Å². The third-order valence-electron chi connectivity index (χ3n) is 6.76. The van der Waals surface area contributed by atoms with E-state index in [0.29, 0.717) is 5.92 Å². The molecule has 3 aromatic carbocycles. The summed E-state index contributed by atoms with van der Waals surface area (Å²) in [6.45, 7) is 1.02. The molecule has 0 aromatic heterocycles. The van der Waals surface area contributed by atoms with Gasteiger partial charge < -0.3 is 5.32 Å². The summed E-state index contributed by atoms with van der Waals surface area (Å²) in [5, 5.41) is 3.38. The largest absolute Gasteiger partial charge is 0.319 e. The molecule has 3 aliphatic rings. The van der Waals surface area contributed by atoms with E-state index in [-0.39, 0.29) is 5.41 Å². The third kappa shape index (κ3) is 1.85. The van der Waals surface area contributed by atoms with Gasteiger partial charge in [0.15, 0.2) is 0 Å². The Balaban J connectivity index is 1.75. The molecule has 0 saturated heterocycles. The molecule has 6 rings (SSSR count). The average molecular weight is 361 g/mol. The van der Waals surface area contributed by atoms with Crippen LogP contribution >= 0.6 is 0 Å². The molecule has 1 atom stereocenters. The van der Waals surface area contributed by atoms with Gasteiger partial charge in [-0.05, 0) is 63.9 Å². The van der Waals surface area contributed by atoms with Crippen molar-refractivity contribution in [3.63, 3.8) is 0 Å². The van der Waals surface area contributed by atoms with Crippen molar-refractivity contribution >= 4 is 5.57 Å². The minimum absolute atomic E-state index is 0.179. The van der Waals surface area contributed by atoms with Gasteiger partial charge in [0.05, 0.1) is 5.41 Å². The summed E-state index contributed by atoms with van der Waals surface area (Å²) in [4.78, 5) is 0. The summed E-state index contributed by atoms with van der Waals surface area (Å²) in [6.07, 6.45) is 6.15. The smallest absolute Gasteiger partial charge is 0.0722 e. The predicted octanol–water partition coefficient (Wildman–Crippen LogP) is 5.56. The van der Waals surface area contributed by atoms with Crippen molar-refractivity contribution in [3.8, 4) is 11.1 Å². The highest BCUT2D eigenvalue weighted by Crippen LogP contribution is 2.64. The normalized spacial score (nSPS) is 20.1. The van der Waals surface area contributed by atoms with Crippen molar-refractivity contribution in [1.82, 2.24) is 5.32 Å². The maximum atomic E-state index is 3.38. The Morgan fingerprint density at radius 1 is 0.786 bits per heavy atom. The van der Waals surface area contributed by atoms with E-state index in [0.717, 1.165) is 13.0 Å². The molecule has 1 spiro atoms. The Bertz CT molecular complexity index is 1120. The standard InChI is InChI=1S/C27H23N/c1-28-17-18-14-15-22-21-10-4-7-13-25(21)27(26(22)16-18)23-11-5-2-8-19(23)20-9-3-6-12-24(20)27/h2-13,15-16,18,28H,14,17H2,1H3. The van der Waals surface area contributed by atoms with E-state index in [4.69, 9.17) is 0 Å². The van der Waals surface area contributed by atoms with Gasteiger partial charge in [-0.1, -0.05) is 84.9 Å². The first-order chi connectivity index (χ1) is 13.9. The van der Waals surface area contributed by atoms with Crippen molar-refractivity contribution in [3.05, 3.63) is 113 Å². The lowest BCUT2D eigenvalue weighted by molar-refractivity contribution is 0.592. The predicted molar refractivity (Wildman–Crippen MR) is 116 cm³/mol. The van der Waals surface area contributed by atoms with Gasteiger partial charge in [-0.3, -0.25) is 0 Å². The Labute approximate surface area is 166 Å². The van der Waals surface area contributed by atoms with Gasteiger partial charge >= 0.3 is 0 Å². The molecule has 3 aromatic rings. The second-order valence-corrected chi connectivity index (χ2v) is 8.14. The zero-order valence-electron chi connectivity index (χ0n) is 16.1. The van der Waals surface area contributed by atoms with E-state index in [1.165, 1.54) is 44.5 Å². The van der Waals surface area contributed by atoms with Gasteiger partial charge in [-0.2, -0.15) is 0 Å². The Hall–Kier alpha value is -2.90. The molecule has 28 heavy (non-hydrogen) atoms. The van der Waals surface area contributed by atoms with Gasteiger partial charge in [0, 0.05) is 6.54 Å². The van der Waals surface area contributed by atoms with E-state index in [2.05, 4.69) is 97.3 Å². The number of nitrogens with one attached hydrogen (secondary N) is 1. The van der Waals surface area contributed by atoms with E-state index in [1.54, 1.807) is 0 Å². The first-order valence-electron chi connectivity index (χ1n) is 10.2. The highest BCUT2D eigenvalue weighted by molar-refractivity contribution is 6.00. The SMILES string of the molecule is CNCC1C=C2C(=CC1)c1ccccc1C21c2ccccc2-c2ccccc21. The fraction of sp³-hybridized carbons (Fsp3) is 0.185. The summed E-state index contributed by atoms with van der Waals surface area (Å²) >= 11 is 0. The Morgan fingerprint density at radius 2 is 1.32 bits per heavy atom. The van der Waals surface area contributed by atoms with Gasteiger partial charge in [0.1, 0.15) is 0 Å². The topological polar surface area (TPSA) is 12.0 Å². The maximum Gasteiger partial charge on any atom is 0.0722 e. The lowest BCUT2D eigenvalue weighted by atomic mass is 9.69. The van der Waals surface area contributed by atoms with Crippen LogP contribution in [0.15, 0.2) is 90.5 Å². The van der Waals surface area contributed by atoms with Crippen molar-refractivity contribution in [1.29, 1.82) is 0 Å². The van der Waals surface area contributed by atoms with Crippen LogP contribution in [0.1, 0.15) is 28.7 Å². The van der Waals surface area contributed by atoms with Crippen molar-refractivity contribution in [2.75, 3.05) is 13.6 Å². The van der Waals surface area contributed by atoms with Gasteiger partial charge in [0.25, 0.3) is 0 Å². The molecule has 0 saturated carbocycles. The molecule has 0 aliphatic heterocycles. The minimum Gasteiger partial charge on any atom is -0.319 e. The molecular formula is C27H23N. The maximum absolute atomic E-state index is 3.38. The second kappa shape index (κ2) is 5.80. The summed E-state index contributed by atoms with van der Waals surface area (Å²) in [5.41, 5.74) is 11.2. The zero-order chi connectivity index (χ0) is 18.7. The molecule has 1 N–H and O–H groups in total. The van der Waals surface area contributed by atoms with Gasteiger partial charge in [-0.25, -0.2) is 0 Å². The Morgan fingerprint density at radius 3 is 1.93 bits per heavy atom. The monoisotopic (exact) mass is 361 g/mol. The third-order valence-corrected chi connectivity index (χ3v) is 6.76. The van der Waals surface area contributed by atoms with Crippen LogP contribution in [0.3, 0.4) is 0 Å². The molecular weight excluding hydrogens is 338 g/mol. The first kappa shape index (κ1) is 16.1. The molecule has 1 heteroatoms. The van der Waals surface area contributed by atoms with Crippen LogP contribution in [0.5, 0.6) is 0 Å². The number of rotatable bonds is 2. The number of allylic oxidation sites excluding steroid dienone is 3. The highest BCUT2D eigenvalue weighted by atomic mass is 14.8. The molecule has 0 heterocycles. The second-order valence-electron chi connectivity index (χ2n) is 8.14. The minimum atomic E-state index is -0.179. The summed E-state index contributed by atoms with van der Waals surface area (Å²) < 4.78 is 0. The van der Waals surface area contributed by atoms with E-state index >= 15 is 0 Å². The number of fused-ring (bicyclic) bond motifs is 10. The van der Waals surface area contributed by atoms with Crippen LogP contribution in [0.4, 0.5) is 0 Å². The van der Waals surface area contributed by atoms with Gasteiger partial charge in [-0.15, -0.1) is 0 Å². The van der Waals surface area contributed by atoms with Crippen LogP contribution in [-0.2, 0) is 5.41 Å². The molecule has 3 aliphatic carbocycles. The lowest BCUT2D eigenvalue weighted by Gasteiger charge is -2.33. The fourth-order valence-corrected chi connectivity index (χ4v) is 5.76. The summed E-state index contributed by atoms with van der Waals surface area (Å²) in [7, 11) is 2.05. The zero-order valence-corrected chi connectivity index (χ0v) is 16.1. The lowest BCUT2D eigenvalue weighted by Crippen LogP contribution is -2.28. The molecule has 0 bridgehead atoms. The highest BCUT2D eigenvalue weighted by Gasteiger charge is 2.53. The van der Waals surface area contributed by atoms with Crippen molar-refractivity contribution < 1.29 is 0 Å². The molecule has 0 amide bonds. The van der Waals surface area contributed by atoms with Crippen LogP contribution in [0.25, 0.3) is 16.7 Å². The van der Waals surface area contributed by atoms with E-state index in [1.807, 2.05) is 0 Å². The number of hydrogen-bond donors (Lipinski definition) is 1. The van der Waals surface area contributed by atoms with Gasteiger partial charge in [0.2, 0.25) is 0 Å². The summed E-state index contributed by atoms with van der Waals surface area (Å²) in [6, 6.07) is 27.1. The van der Waals surface area contributed by atoms with Crippen LogP contribution in [0.2, 0.25) is 0 Å². The molecule has 1 nitrogen and oxygen atoms in total. The van der Waals surface area contributed by atoms with Crippen molar-refractivity contribution in [2.24, 2.45) is 5.92 Å². The average Bonchev–Trinajstić information content (AvgIpc) is 3.21. The molecule has 0 radical (unpaired) electrons. The van der Waals surface area contributed by atoms with E-state index < -0.39 is 0 Å². The quantitative estimate of drug-likeness (QED) is 0.630. The molecule has 0 fully saturated rings. The molecule has 1 unspecified atom stereocenters. The number of benzene rings is 3. The summed E-state index contributed by atoms with van der Waals surface area (Å²) in [5.74, 6) is 0.537. The van der Waals surface area contributed by atoms with Crippen LogP contribution in [-0.4, -0.2) is 13.6 Å². The first-order valence-corrected chi connectivity index (χ1v) is 10.2.